The summed E-state index contributed by atoms with van der Waals surface area (Å²) >= 11 is 0. The van der Waals surface area contributed by atoms with Gasteiger partial charge in [-0.25, -0.2) is 0 Å². The fraction of sp³-hybridized carbons (Fsp3) is 0.917. The van der Waals surface area contributed by atoms with Crippen molar-refractivity contribution >= 4 is 5.97 Å². The minimum atomic E-state index is -0.635. The molecule has 0 radical (unpaired) electrons. The summed E-state index contributed by atoms with van der Waals surface area (Å²) in [5.41, 5.74) is 0.404. The first-order chi connectivity index (χ1) is 6.94. The minimum Gasteiger partial charge on any atom is -0.481 e. The Morgan fingerprint density at radius 2 is 2.00 bits per heavy atom. The van der Waals surface area contributed by atoms with Crippen molar-refractivity contribution in [2.45, 2.75) is 51.5 Å². The predicted molar refractivity (Wildman–Crippen MR) is 58.8 cm³/mol. The number of likely N-dealkylation sites (tertiary alicyclic amines) is 1. The highest BCUT2D eigenvalue weighted by molar-refractivity contribution is 5.68. The van der Waals surface area contributed by atoms with Crippen LogP contribution in [0.5, 0.6) is 0 Å². The molecule has 1 aliphatic heterocycles. The van der Waals surface area contributed by atoms with Crippen LogP contribution in [0.15, 0.2) is 0 Å². The van der Waals surface area contributed by atoms with Gasteiger partial charge in [0.1, 0.15) is 0 Å². The molecular formula is C12H21NO2. The van der Waals surface area contributed by atoms with Crippen molar-refractivity contribution in [2.75, 3.05) is 13.1 Å². The van der Waals surface area contributed by atoms with Crippen molar-refractivity contribution in [3.05, 3.63) is 0 Å². The lowest BCUT2D eigenvalue weighted by atomic mass is 9.97. The van der Waals surface area contributed by atoms with Crippen molar-refractivity contribution < 1.29 is 9.90 Å². The van der Waals surface area contributed by atoms with Gasteiger partial charge < -0.3 is 5.11 Å². The fourth-order valence-corrected chi connectivity index (χ4v) is 2.75. The third-order valence-electron chi connectivity index (χ3n) is 4.08. The molecule has 2 fully saturated rings. The lowest BCUT2D eigenvalue weighted by molar-refractivity contribution is -0.138. The molecule has 0 aromatic carbocycles. The van der Waals surface area contributed by atoms with E-state index in [1.54, 1.807) is 0 Å². The normalized spacial score (nSPS) is 27.9. The quantitative estimate of drug-likeness (QED) is 0.774. The molecule has 1 aliphatic carbocycles. The molecule has 3 heteroatoms. The molecule has 1 saturated carbocycles. The molecular weight excluding hydrogens is 190 g/mol. The second-order valence-electron chi connectivity index (χ2n) is 5.91. The third-order valence-corrected chi connectivity index (χ3v) is 4.08. The van der Waals surface area contributed by atoms with E-state index in [1.165, 1.54) is 12.8 Å². The van der Waals surface area contributed by atoms with E-state index in [1.807, 2.05) is 0 Å². The molecule has 2 rings (SSSR count). The molecule has 0 unspecified atom stereocenters. The van der Waals surface area contributed by atoms with E-state index in [-0.39, 0.29) is 11.0 Å². The standard InChI is InChI=1S/C12H21NO2/c1-11(2)4-3-7-13(11)9-12(5-6-12)8-10(14)15/h3-9H2,1-2H3,(H,14,15). The highest BCUT2D eigenvalue weighted by atomic mass is 16.4. The van der Waals surface area contributed by atoms with Crippen LogP contribution in [0.1, 0.15) is 46.0 Å². The van der Waals surface area contributed by atoms with E-state index < -0.39 is 5.97 Å². The van der Waals surface area contributed by atoms with Crippen LogP contribution in [-0.4, -0.2) is 34.6 Å². The van der Waals surface area contributed by atoms with E-state index in [9.17, 15) is 4.79 Å². The van der Waals surface area contributed by atoms with Crippen LogP contribution >= 0.6 is 0 Å². The summed E-state index contributed by atoms with van der Waals surface area (Å²) in [6.45, 7) is 6.69. The largest absolute Gasteiger partial charge is 0.481 e. The predicted octanol–water partition coefficient (Wildman–Crippen LogP) is 2.12. The molecule has 0 aromatic heterocycles. The second-order valence-corrected chi connectivity index (χ2v) is 5.91. The molecule has 0 atom stereocenters. The summed E-state index contributed by atoms with van der Waals surface area (Å²) < 4.78 is 0. The maximum atomic E-state index is 10.8. The fourth-order valence-electron chi connectivity index (χ4n) is 2.75. The summed E-state index contributed by atoms with van der Waals surface area (Å²) in [4.78, 5) is 13.3. The van der Waals surface area contributed by atoms with E-state index in [4.69, 9.17) is 5.11 Å². The molecule has 86 valence electrons. The summed E-state index contributed by atoms with van der Waals surface area (Å²) in [5, 5.41) is 8.87. The van der Waals surface area contributed by atoms with Gasteiger partial charge >= 0.3 is 5.97 Å². The molecule has 1 saturated heterocycles. The lowest BCUT2D eigenvalue weighted by Gasteiger charge is -2.34. The zero-order valence-corrected chi connectivity index (χ0v) is 9.75. The molecule has 0 bridgehead atoms. The molecule has 1 N–H and O–H groups in total. The summed E-state index contributed by atoms with van der Waals surface area (Å²) in [6, 6.07) is 0. The molecule has 0 spiro atoms. The first-order valence-electron chi connectivity index (χ1n) is 5.91. The Kier molecular flexibility index (Phi) is 2.53. The van der Waals surface area contributed by atoms with Crippen LogP contribution in [-0.2, 0) is 4.79 Å². The van der Waals surface area contributed by atoms with Crippen LogP contribution in [0.4, 0.5) is 0 Å². The topological polar surface area (TPSA) is 40.5 Å². The van der Waals surface area contributed by atoms with Crippen LogP contribution < -0.4 is 0 Å². The van der Waals surface area contributed by atoms with Gasteiger partial charge in [-0.2, -0.15) is 0 Å². The lowest BCUT2D eigenvalue weighted by Crippen LogP contribution is -2.42. The molecule has 0 amide bonds. The van der Waals surface area contributed by atoms with Gasteiger partial charge in [-0.05, 0) is 51.5 Å². The van der Waals surface area contributed by atoms with Crippen molar-refractivity contribution in [3.8, 4) is 0 Å². The maximum absolute atomic E-state index is 10.8. The SMILES string of the molecule is CC1(C)CCCN1CC1(CC(=O)O)CC1. The Morgan fingerprint density at radius 3 is 2.40 bits per heavy atom. The molecule has 2 aliphatic rings. The Labute approximate surface area is 91.5 Å². The van der Waals surface area contributed by atoms with Gasteiger partial charge in [-0.15, -0.1) is 0 Å². The van der Waals surface area contributed by atoms with Crippen LogP contribution in [0, 0.1) is 5.41 Å². The number of nitrogens with zero attached hydrogens (tertiary/aromatic N) is 1. The number of carboxylic acid groups (broad SMARTS) is 1. The number of carboxylic acids is 1. The van der Waals surface area contributed by atoms with Gasteiger partial charge in [-0.3, -0.25) is 9.69 Å². The van der Waals surface area contributed by atoms with Gasteiger partial charge in [0.25, 0.3) is 0 Å². The molecule has 0 aromatic rings. The molecule has 15 heavy (non-hydrogen) atoms. The van der Waals surface area contributed by atoms with Gasteiger partial charge in [0.15, 0.2) is 0 Å². The number of hydrogen-bond donors (Lipinski definition) is 1. The summed E-state index contributed by atoms with van der Waals surface area (Å²) in [7, 11) is 0. The third kappa shape index (κ3) is 2.33. The number of carbonyl (C=O) groups is 1. The van der Waals surface area contributed by atoms with Crippen molar-refractivity contribution in [2.24, 2.45) is 5.41 Å². The van der Waals surface area contributed by atoms with Crippen LogP contribution in [0.3, 0.4) is 0 Å². The zero-order valence-electron chi connectivity index (χ0n) is 9.75. The van der Waals surface area contributed by atoms with E-state index in [2.05, 4.69) is 18.7 Å². The highest BCUT2D eigenvalue weighted by Crippen LogP contribution is 2.50. The van der Waals surface area contributed by atoms with E-state index >= 15 is 0 Å². The van der Waals surface area contributed by atoms with Gasteiger partial charge in [0, 0.05) is 12.1 Å². The van der Waals surface area contributed by atoms with Gasteiger partial charge in [0.05, 0.1) is 6.42 Å². The van der Waals surface area contributed by atoms with Gasteiger partial charge in [-0.1, -0.05) is 0 Å². The number of hydrogen-bond acceptors (Lipinski definition) is 2. The summed E-state index contributed by atoms with van der Waals surface area (Å²) in [6.07, 6.45) is 5.07. The highest BCUT2D eigenvalue weighted by Gasteiger charge is 2.48. The Morgan fingerprint density at radius 1 is 1.33 bits per heavy atom. The first kappa shape index (κ1) is 10.9. The number of rotatable bonds is 4. The second kappa shape index (κ2) is 3.48. The first-order valence-corrected chi connectivity index (χ1v) is 5.91. The Bertz CT molecular complexity index is 269. The van der Waals surface area contributed by atoms with Crippen LogP contribution in [0.2, 0.25) is 0 Å². The molecule has 1 heterocycles. The maximum Gasteiger partial charge on any atom is 0.303 e. The van der Waals surface area contributed by atoms with Crippen molar-refractivity contribution in [1.82, 2.24) is 4.90 Å². The van der Waals surface area contributed by atoms with E-state index in [0.717, 1.165) is 25.9 Å². The molecule has 3 nitrogen and oxygen atoms in total. The smallest absolute Gasteiger partial charge is 0.303 e. The van der Waals surface area contributed by atoms with Crippen LogP contribution in [0.25, 0.3) is 0 Å². The monoisotopic (exact) mass is 211 g/mol. The zero-order chi connectivity index (χ0) is 11.1. The Balaban J connectivity index is 1.94. The average molecular weight is 211 g/mol. The average Bonchev–Trinajstić information content (AvgIpc) is 2.73. The Hall–Kier alpha value is -0.570. The van der Waals surface area contributed by atoms with E-state index in [0.29, 0.717) is 6.42 Å². The summed E-state index contributed by atoms with van der Waals surface area (Å²) in [5.74, 6) is -0.635. The van der Waals surface area contributed by atoms with Crippen molar-refractivity contribution in [3.63, 3.8) is 0 Å². The van der Waals surface area contributed by atoms with Crippen molar-refractivity contribution in [1.29, 1.82) is 0 Å². The minimum absolute atomic E-state index is 0.118. The number of aliphatic carboxylic acids is 1. The van der Waals surface area contributed by atoms with Gasteiger partial charge in [0.2, 0.25) is 0 Å².